The topological polar surface area (TPSA) is 81.6 Å². The molecule has 5 nitrogen and oxygen atoms in total. The van der Waals surface area contributed by atoms with E-state index in [4.69, 9.17) is 0 Å². The van der Waals surface area contributed by atoms with E-state index in [1.807, 2.05) is 13.8 Å². The van der Waals surface area contributed by atoms with Crippen molar-refractivity contribution >= 4 is 17.8 Å². The van der Waals surface area contributed by atoms with Crippen molar-refractivity contribution in [3.63, 3.8) is 0 Å². The van der Waals surface area contributed by atoms with Gasteiger partial charge in [0.15, 0.2) is 0 Å². The smallest absolute Gasteiger partial charge is 0.846 e. The number of nitrogens with one attached hydrogen (secondary N) is 1. The zero-order valence-electron chi connectivity index (χ0n) is 10.9. The Labute approximate surface area is 123 Å². The van der Waals surface area contributed by atoms with Gasteiger partial charge >= 0.3 is 29.6 Å². The first-order valence-electron chi connectivity index (χ1n) is 5.57. The normalized spacial score (nSPS) is 25.7. The average molecular weight is 248 g/mol. The summed E-state index contributed by atoms with van der Waals surface area (Å²) in [6, 6.07) is -0.844. The van der Waals surface area contributed by atoms with Crippen molar-refractivity contribution in [2.24, 2.45) is 16.3 Å². The number of carbonyl (C=O) groups excluding carboxylic acids is 2. The summed E-state index contributed by atoms with van der Waals surface area (Å²) in [7, 11) is 0. The summed E-state index contributed by atoms with van der Waals surface area (Å²) >= 11 is 0. The molecule has 1 N–H and O–H groups in total. The summed E-state index contributed by atoms with van der Waals surface area (Å²) in [4.78, 5) is 26.9. The summed E-state index contributed by atoms with van der Waals surface area (Å²) in [5.41, 5.74) is -1.14. The van der Waals surface area contributed by atoms with Gasteiger partial charge in [-0.3, -0.25) is 9.59 Å². The van der Waals surface area contributed by atoms with E-state index in [9.17, 15) is 14.7 Å². The van der Waals surface area contributed by atoms with Crippen molar-refractivity contribution < 1.29 is 44.3 Å². The number of hydrogen-bond donors (Lipinski definition) is 1. The molecule has 0 saturated carbocycles. The van der Waals surface area contributed by atoms with Crippen molar-refractivity contribution in [2.45, 2.75) is 40.0 Å². The van der Waals surface area contributed by atoms with Gasteiger partial charge in [0.25, 0.3) is 5.91 Å². The molecule has 0 bridgehead atoms. The van der Waals surface area contributed by atoms with Crippen LogP contribution in [0.4, 0.5) is 0 Å². The van der Waals surface area contributed by atoms with Gasteiger partial charge < -0.3 is 10.4 Å². The predicted molar refractivity (Wildman–Crippen MR) is 57.4 cm³/mol. The standard InChI is InChI=1S/C11H18N2O3.Na/c1-4-7(3)6-11(5-2)8(14)12-10(16)13-9(11)15;/h7H,4-6H2,1-3H3,(H2,12,13,14,15,16);/q;+1/p-1. The molecule has 0 aromatic carbocycles. The van der Waals surface area contributed by atoms with E-state index in [-0.39, 0.29) is 35.5 Å². The Morgan fingerprint density at radius 1 is 1.41 bits per heavy atom. The van der Waals surface area contributed by atoms with E-state index in [1.54, 1.807) is 6.92 Å². The minimum atomic E-state index is -1.14. The molecule has 0 aromatic rings. The number of hydrogen-bond acceptors (Lipinski definition) is 3. The zero-order valence-corrected chi connectivity index (χ0v) is 12.9. The van der Waals surface area contributed by atoms with Gasteiger partial charge in [0.2, 0.25) is 5.91 Å². The van der Waals surface area contributed by atoms with Crippen LogP contribution in [-0.4, -0.2) is 17.8 Å². The van der Waals surface area contributed by atoms with E-state index >= 15 is 0 Å². The molecule has 0 aliphatic carbocycles. The van der Waals surface area contributed by atoms with Crippen LogP contribution in [0.1, 0.15) is 40.0 Å². The van der Waals surface area contributed by atoms with Crippen molar-refractivity contribution in [2.75, 3.05) is 0 Å². The number of carbonyl (C=O) groups is 2. The maximum Gasteiger partial charge on any atom is 1.00 e. The summed E-state index contributed by atoms with van der Waals surface area (Å²) in [5, 5.41) is 13.0. The second-order valence-corrected chi connectivity index (χ2v) is 4.33. The van der Waals surface area contributed by atoms with E-state index in [2.05, 4.69) is 10.3 Å². The fraction of sp³-hybridized carbons (Fsp3) is 0.727. The second-order valence-electron chi connectivity index (χ2n) is 4.33. The molecule has 90 valence electrons. The summed E-state index contributed by atoms with van der Waals surface area (Å²) < 4.78 is 0. The molecule has 17 heavy (non-hydrogen) atoms. The van der Waals surface area contributed by atoms with Gasteiger partial charge in [-0.2, -0.15) is 0 Å². The Kier molecular flexibility index (Phi) is 6.37. The third kappa shape index (κ3) is 3.30. The van der Waals surface area contributed by atoms with Crippen LogP contribution in [0.3, 0.4) is 0 Å². The van der Waals surface area contributed by atoms with Gasteiger partial charge in [0.05, 0.1) is 6.02 Å². The predicted octanol–water partition coefficient (Wildman–Crippen LogP) is -2.80. The monoisotopic (exact) mass is 248 g/mol. The number of amides is 2. The van der Waals surface area contributed by atoms with Crippen molar-refractivity contribution in [3.05, 3.63) is 0 Å². The Balaban J connectivity index is 0.00000256. The van der Waals surface area contributed by atoms with Gasteiger partial charge in [0, 0.05) is 0 Å². The summed E-state index contributed by atoms with van der Waals surface area (Å²) in [6.45, 7) is 5.75. The molecule has 2 amide bonds. The average Bonchev–Trinajstić information content (AvgIpc) is 2.23. The number of rotatable bonds is 4. The third-order valence-electron chi connectivity index (χ3n) is 3.26. The van der Waals surface area contributed by atoms with E-state index in [1.165, 1.54) is 0 Å². The molecule has 1 rings (SSSR count). The molecule has 0 radical (unpaired) electrons. The first kappa shape index (κ1) is 16.6. The quantitative estimate of drug-likeness (QED) is 0.431. The van der Waals surface area contributed by atoms with Gasteiger partial charge in [-0.05, 0) is 18.8 Å². The molecule has 1 aliphatic heterocycles. The number of nitrogens with zero attached hydrogens (tertiary/aromatic N) is 1. The molecule has 1 heterocycles. The fourth-order valence-electron chi connectivity index (χ4n) is 1.92. The Morgan fingerprint density at radius 3 is 2.41 bits per heavy atom. The van der Waals surface area contributed by atoms with Gasteiger partial charge in [-0.1, -0.05) is 27.2 Å². The minimum absolute atomic E-state index is 0. The number of aliphatic imine (C=N–C) groups is 1. The van der Waals surface area contributed by atoms with Crippen LogP contribution in [0.25, 0.3) is 0 Å². The first-order valence-corrected chi connectivity index (χ1v) is 5.57. The molecule has 0 aromatic heterocycles. The van der Waals surface area contributed by atoms with Gasteiger partial charge in [0.1, 0.15) is 5.41 Å². The van der Waals surface area contributed by atoms with Crippen LogP contribution < -0.4 is 40.0 Å². The Bertz CT molecular complexity index is 344. The van der Waals surface area contributed by atoms with E-state index in [0.29, 0.717) is 12.8 Å². The Hall–Kier alpha value is -0.390. The second kappa shape index (κ2) is 6.52. The summed E-state index contributed by atoms with van der Waals surface area (Å²) in [5.74, 6) is -0.845. The van der Waals surface area contributed by atoms with E-state index < -0.39 is 23.3 Å². The van der Waals surface area contributed by atoms with Crippen molar-refractivity contribution in [1.82, 2.24) is 5.32 Å². The molecular weight excluding hydrogens is 231 g/mol. The molecule has 2 unspecified atom stereocenters. The van der Waals surface area contributed by atoms with Crippen LogP contribution in [0.2, 0.25) is 0 Å². The molecule has 0 spiro atoms. The van der Waals surface area contributed by atoms with Gasteiger partial charge in [-0.15, -0.1) is 0 Å². The SMILES string of the molecule is CCC(C)CC1(CC)C(=O)N=C([O-])NC1=O.[Na+]. The van der Waals surface area contributed by atoms with Crippen LogP contribution in [0.15, 0.2) is 4.99 Å². The fourth-order valence-corrected chi connectivity index (χ4v) is 1.92. The molecule has 2 atom stereocenters. The number of amidine groups is 1. The van der Waals surface area contributed by atoms with Gasteiger partial charge in [-0.25, -0.2) is 4.99 Å². The maximum atomic E-state index is 11.8. The minimum Gasteiger partial charge on any atom is -0.846 e. The van der Waals surface area contributed by atoms with E-state index in [0.717, 1.165) is 6.42 Å². The molecule has 6 heteroatoms. The van der Waals surface area contributed by atoms with Crippen LogP contribution in [-0.2, 0) is 9.59 Å². The molecule has 1 aliphatic rings. The summed E-state index contributed by atoms with van der Waals surface area (Å²) in [6.07, 6.45) is 1.70. The largest absolute Gasteiger partial charge is 1.00 e. The van der Waals surface area contributed by atoms with Crippen molar-refractivity contribution in [1.29, 1.82) is 0 Å². The molecule has 0 saturated heterocycles. The third-order valence-corrected chi connectivity index (χ3v) is 3.26. The first-order chi connectivity index (χ1) is 7.46. The van der Waals surface area contributed by atoms with Crippen molar-refractivity contribution in [3.8, 4) is 0 Å². The van der Waals surface area contributed by atoms with Crippen LogP contribution >= 0.6 is 0 Å². The molecule has 0 fully saturated rings. The van der Waals surface area contributed by atoms with Crippen LogP contribution in [0, 0.1) is 11.3 Å². The molecular formula is C11H17N2NaO3. The Morgan fingerprint density at radius 2 is 2.00 bits per heavy atom. The maximum absolute atomic E-state index is 11.8. The zero-order chi connectivity index (χ0) is 12.3. The van der Waals surface area contributed by atoms with Crippen LogP contribution in [0.5, 0.6) is 0 Å².